The Bertz CT molecular complexity index is 543. The third kappa shape index (κ3) is 4.68. The van der Waals surface area contributed by atoms with Gasteiger partial charge >= 0.3 is 0 Å². The minimum absolute atomic E-state index is 0.0913. The number of carbonyl (C=O) groups is 1. The number of methoxy groups -OCH3 is 1. The van der Waals surface area contributed by atoms with Gasteiger partial charge in [0.1, 0.15) is 11.3 Å². The van der Waals surface area contributed by atoms with Crippen molar-refractivity contribution in [2.45, 2.75) is 13.3 Å². The van der Waals surface area contributed by atoms with Crippen LogP contribution in [0.1, 0.15) is 18.9 Å². The van der Waals surface area contributed by atoms with Gasteiger partial charge in [0.05, 0.1) is 18.1 Å². The fourth-order valence-corrected chi connectivity index (χ4v) is 1.35. The van der Waals surface area contributed by atoms with Crippen LogP contribution >= 0.6 is 0 Å². The molecule has 0 radical (unpaired) electrons. The quantitative estimate of drug-likeness (QED) is 0.385. The highest BCUT2D eigenvalue weighted by atomic mass is 16.6. The van der Waals surface area contributed by atoms with Crippen LogP contribution in [-0.4, -0.2) is 24.5 Å². The fourth-order valence-electron chi connectivity index (χ4n) is 1.35. The number of amides is 1. The van der Waals surface area contributed by atoms with Gasteiger partial charge in [0.25, 0.3) is 5.69 Å². The summed E-state index contributed by atoms with van der Waals surface area (Å²) in [5.74, 6) is 5.79. The summed E-state index contributed by atoms with van der Waals surface area (Å²) in [4.78, 5) is 21.0. The van der Waals surface area contributed by atoms with Crippen molar-refractivity contribution >= 4 is 11.6 Å². The number of nitro benzene ring substituents is 1. The summed E-state index contributed by atoms with van der Waals surface area (Å²) in [6.45, 7) is 1.84. The van der Waals surface area contributed by atoms with Crippen LogP contribution in [0.4, 0.5) is 5.69 Å². The van der Waals surface area contributed by atoms with E-state index < -0.39 is 4.92 Å². The van der Waals surface area contributed by atoms with Crippen molar-refractivity contribution in [2.24, 2.45) is 0 Å². The Morgan fingerprint density at radius 2 is 2.26 bits per heavy atom. The van der Waals surface area contributed by atoms with Gasteiger partial charge in [-0.3, -0.25) is 14.9 Å². The molecule has 0 aliphatic heterocycles. The maximum absolute atomic E-state index is 10.9. The highest BCUT2D eigenvalue weighted by Crippen LogP contribution is 2.23. The van der Waals surface area contributed by atoms with Gasteiger partial charge in [0.2, 0.25) is 5.91 Å². The average molecular weight is 262 g/mol. The predicted molar refractivity (Wildman–Crippen MR) is 69.8 cm³/mol. The summed E-state index contributed by atoms with van der Waals surface area (Å²) in [5, 5.41) is 13.5. The molecule has 0 aliphatic carbocycles. The molecule has 0 atom stereocenters. The summed E-state index contributed by atoms with van der Waals surface area (Å²) in [5.41, 5.74) is 0.236. The SMILES string of the molecule is COc1ccc(C#CCCNC(C)=O)c([N+](=O)[O-])c1. The lowest BCUT2D eigenvalue weighted by Gasteiger charge is -2.00. The molecule has 0 aliphatic rings. The second-order valence-electron chi connectivity index (χ2n) is 3.67. The molecular weight excluding hydrogens is 248 g/mol. The molecule has 1 N–H and O–H groups in total. The Labute approximate surface area is 110 Å². The first-order valence-corrected chi connectivity index (χ1v) is 5.60. The molecule has 1 aromatic carbocycles. The van der Waals surface area contributed by atoms with Crippen LogP contribution in [0.25, 0.3) is 0 Å². The Balaban J connectivity index is 2.80. The number of rotatable bonds is 4. The Kier molecular flexibility index (Phi) is 5.35. The summed E-state index contributed by atoms with van der Waals surface area (Å²) < 4.78 is 4.93. The number of ether oxygens (including phenoxy) is 1. The molecule has 6 nitrogen and oxygen atoms in total. The second kappa shape index (κ2) is 7.01. The van der Waals surface area contributed by atoms with Crippen molar-refractivity contribution in [1.82, 2.24) is 5.32 Å². The van der Waals surface area contributed by atoms with E-state index in [1.54, 1.807) is 12.1 Å². The lowest BCUT2D eigenvalue weighted by Crippen LogP contribution is -2.20. The molecule has 1 rings (SSSR count). The normalized spacial score (nSPS) is 9.16. The van der Waals surface area contributed by atoms with E-state index in [1.807, 2.05) is 0 Å². The molecule has 19 heavy (non-hydrogen) atoms. The zero-order valence-corrected chi connectivity index (χ0v) is 10.7. The highest BCUT2D eigenvalue weighted by Gasteiger charge is 2.13. The Morgan fingerprint density at radius 1 is 1.53 bits per heavy atom. The number of nitro groups is 1. The third-order valence-electron chi connectivity index (χ3n) is 2.25. The lowest BCUT2D eigenvalue weighted by atomic mass is 10.1. The van der Waals surface area contributed by atoms with E-state index in [-0.39, 0.29) is 11.6 Å². The van der Waals surface area contributed by atoms with Crippen molar-refractivity contribution in [1.29, 1.82) is 0 Å². The van der Waals surface area contributed by atoms with Crippen LogP contribution in [0, 0.1) is 22.0 Å². The van der Waals surface area contributed by atoms with Crippen molar-refractivity contribution in [3.63, 3.8) is 0 Å². The largest absolute Gasteiger partial charge is 0.497 e. The van der Waals surface area contributed by atoms with Crippen LogP contribution in [0.2, 0.25) is 0 Å². The summed E-state index contributed by atoms with van der Waals surface area (Å²) in [6.07, 6.45) is 0.433. The minimum atomic E-state index is -0.500. The number of hydrogen-bond acceptors (Lipinski definition) is 4. The van der Waals surface area contributed by atoms with Crippen molar-refractivity contribution in [3.05, 3.63) is 33.9 Å². The third-order valence-corrected chi connectivity index (χ3v) is 2.25. The monoisotopic (exact) mass is 262 g/mol. The zero-order valence-electron chi connectivity index (χ0n) is 10.7. The van der Waals surface area contributed by atoms with Gasteiger partial charge in [0, 0.05) is 19.9 Å². The minimum Gasteiger partial charge on any atom is -0.497 e. The summed E-state index contributed by atoms with van der Waals surface area (Å²) in [7, 11) is 1.44. The maximum Gasteiger partial charge on any atom is 0.288 e. The van der Waals surface area contributed by atoms with E-state index in [0.29, 0.717) is 24.3 Å². The van der Waals surface area contributed by atoms with Gasteiger partial charge in [-0.1, -0.05) is 11.8 Å². The van der Waals surface area contributed by atoms with Crippen molar-refractivity contribution < 1.29 is 14.5 Å². The molecule has 0 saturated carbocycles. The first-order chi connectivity index (χ1) is 9.04. The first-order valence-electron chi connectivity index (χ1n) is 5.60. The van der Waals surface area contributed by atoms with Crippen LogP contribution in [0.5, 0.6) is 5.75 Å². The van der Waals surface area contributed by atoms with Gasteiger partial charge in [-0.15, -0.1) is 0 Å². The zero-order chi connectivity index (χ0) is 14.3. The van der Waals surface area contributed by atoms with Gasteiger partial charge in [-0.25, -0.2) is 0 Å². The molecule has 100 valence electrons. The van der Waals surface area contributed by atoms with Crippen molar-refractivity contribution in [2.75, 3.05) is 13.7 Å². The molecule has 0 heterocycles. The first kappa shape index (κ1) is 14.5. The van der Waals surface area contributed by atoms with E-state index in [9.17, 15) is 14.9 Å². The van der Waals surface area contributed by atoms with Gasteiger partial charge in [-0.2, -0.15) is 0 Å². The van der Waals surface area contributed by atoms with Gasteiger partial charge in [-0.05, 0) is 12.1 Å². The van der Waals surface area contributed by atoms with E-state index in [2.05, 4.69) is 17.2 Å². The summed E-state index contributed by atoms with van der Waals surface area (Å²) in [6, 6.07) is 4.49. The van der Waals surface area contributed by atoms with E-state index in [1.165, 1.54) is 20.1 Å². The Morgan fingerprint density at radius 3 is 2.84 bits per heavy atom. The highest BCUT2D eigenvalue weighted by molar-refractivity contribution is 5.72. The van der Waals surface area contributed by atoms with Gasteiger partial charge < -0.3 is 10.1 Å². The molecule has 1 amide bonds. The second-order valence-corrected chi connectivity index (χ2v) is 3.67. The standard InChI is InChI=1S/C13H14N2O4/c1-10(16)14-8-4-3-5-11-6-7-12(19-2)9-13(11)15(17)18/h6-7,9H,4,8H2,1-2H3,(H,14,16). The molecular formula is C13H14N2O4. The molecule has 0 fully saturated rings. The van der Waals surface area contributed by atoms with E-state index >= 15 is 0 Å². The molecule has 1 aromatic rings. The number of hydrogen-bond donors (Lipinski definition) is 1. The van der Waals surface area contributed by atoms with Crippen LogP contribution in [0.3, 0.4) is 0 Å². The predicted octanol–water partition coefficient (Wildman–Crippen LogP) is 1.48. The lowest BCUT2D eigenvalue weighted by molar-refractivity contribution is -0.385. The van der Waals surface area contributed by atoms with E-state index in [4.69, 9.17) is 4.74 Å². The molecule has 0 spiro atoms. The fraction of sp³-hybridized carbons (Fsp3) is 0.308. The van der Waals surface area contributed by atoms with Crippen molar-refractivity contribution in [3.8, 4) is 17.6 Å². The number of nitrogens with zero attached hydrogens (tertiary/aromatic N) is 1. The topological polar surface area (TPSA) is 81.5 Å². The molecule has 0 aromatic heterocycles. The van der Waals surface area contributed by atoms with Gasteiger partial charge in [0.15, 0.2) is 0 Å². The molecule has 0 unspecified atom stereocenters. The average Bonchev–Trinajstić information content (AvgIpc) is 2.38. The van der Waals surface area contributed by atoms with Crippen LogP contribution in [0.15, 0.2) is 18.2 Å². The number of benzene rings is 1. The molecule has 6 heteroatoms. The van der Waals surface area contributed by atoms with Crippen LogP contribution in [-0.2, 0) is 4.79 Å². The number of nitrogens with one attached hydrogen (secondary N) is 1. The number of carbonyl (C=O) groups excluding carboxylic acids is 1. The summed E-state index contributed by atoms with van der Waals surface area (Å²) >= 11 is 0. The molecule has 0 saturated heterocycles. The van der Waals surface area contributed by atoms with E-state index in [0.717, 1.165) is 0 Å². The van der Waals surface area contributed by atoms with Crippen LogP contribution < -0.4 is 10.1 Å². The maximum atomic E-state index is 10.9. The smallest absolute Gasteiger partial charge is 0.288 e. The molecule has 0 bridgehead atoms. The Hall–Kier alpha value is -2.55.